The Kier molecular flexibility index (Phi) is 6.75. The van der Waals surface area contributed by atoms with Crippen molar-refractivity contribution in [1.29, 1.82) is 0 Å². The van der Waals surface area contributed by atoms with Crippen molar-refractivity contribution in [3.8, 4) is 0 Å². The van der Waals surface area contributed by atoms with Crippen LogP contribution in [0.5, 0.6) is 0 Å². The van der Waals surface area contributed by atoms with Crippen molar-refractivity contribution >= 4 is 34.2 Å². The number of nitrogens with one attached hydrogen (secondary N) is 2. The van der Waals surface area contributed by atoms with Crippen LogP contribution in [0.2, 0.25) is 0 Å². The maximum absolute atomic E-state index is 12.3. The van der Waals surface area contributed by atoms with Crippen LogP contribution >= 0.6 is 11.3 Å². The minimum Gasteiger partial charge on any atom is -0.353 e. The highest BCUT2D eigenvalue weighted by atomic mass is 32.1. The molecule has 9 nitrogen and oxygen atoms in total. The zero-order valence-electron chi connectivity index (χ0n) is 16.1. The van der Waals surface area contributed by atoms with Gasteiger partial charge in [-0.25, -0.2) is 9.78 Å². The van der Waals surface area contributed by atoms with Crippen molar-refractivity contribution in [2.45, 2.75) is 20.3 Å². The van der Waals surface area contributed by atoms with Gasteiger partial charge < -0.3 is 15.1 Å². The zero-order chi connectivity index (χ0) is 19.9. The van der Waals surface area contributed by atoms with Crippen molar-refractivity contribution < 1.29 is 9.59 Å². The molecule has 1 aliphatic heterocycles. The number of urea groups is 1. The number of amides is 3. The molecule has 1 fully saturated rings. The molecule has 1 aliphatic rings. The Hall–Kier alpha value is -2.75. The van der Waals surface area contributed by atoms with Gasteiger partial charge in [-0.2, -0.15) is 0 Å². The molecule has 3 heterocycles. The average molecular weight is 404 g/mol. The van der Waals surface area contributed by atoms with Gasteiger partial charge in [0.25, 0.3) is 0 Å². The van der Waals surface area contributed by atoms with Crippen LogP contribution in [0, 0.1) is 5.92 Å². The third-order valence-electron chi connectivity index (χ3n) is 4.24. The second-order valence-electron chi connectivity index (χ2n) is 6.97. The molecule has 28 heavy (non-hydrogen) atoms. The van der Waals surface area contributed by atoms with Crippen molar-refractivity contribution in [3.05, 3.63) is 29.4 Å². The molecule has 2 aromatic rings. The van der Waals surface area contributed by atoms with E-state index in [1.165, 1.54) is 11.3 Å². The quantitative estimate of drug-likeness (QED) is 0.759. The van der Waals surface area contributed by atoms with Gasteiger partial charge in [0.05, 0.1) is 6.54 Å². The summed E-state index contributed by atoms with van der Waals surface area (Å²) < 4.78 is 0. The van der Waals surface area contributed by atoms with Crippen LogP contribution in [0.1, 0.15) is 18.9 Å². The smallest absolute Gasteiger partial charge is 0.317 e. The van der Waals surface area contributed by atoms with Crippen LogP contribution in [0.15, 0.2) is 24.4 Å². The van der Waals surface area contributed by atoms with E-state index < -0.39 is 0 Å². The molecule has 3 rings (SSSR count). The predicted molar refractivity (Wildman–Crippen MR) is 109 cm³/mol. The Balaban J connectivity index is 1.39. The topological polar surface area (TPSA) is 103 Å². The molecule has 0 spiro atoms. The molecule has 2 aromatic heterocycles. The van der Waals surface area contributed by atoms with Crippen LogP contribution in [0.4, 0.5) is 15.7 Å². The normalized spacial score (nSPS) is 14.2. The van der Waals surface area contributed by atoms with Gasteiger partial charge in [-0.05, 0) is 18.1 Å². The summed E-state index contributed by atoms with van der Waals surface area (Å²) in [5.41, 5.74) is 0. The molecule has 0 atom stereocenters. The van der Waals surface area contributed by atoms with Gasteiger partial charge in [0.15, 0.2) is 0 Å². The summed E-state index contributed by atoms with van der Waals surface area (Å²) >= 11 is 1.36. The summed E-state index contributed by atoms with van der Waals surface area (Å²) in [7, 11) is 0. The van der Waals surface area contributed by atoms with Crippen molar-refractivity contribution in [3.63, 3.8) is 0 Å². The maximum Gasteiger partial charge on any atom is 0.317 e. The first-order chi connectivity index (χ1) is 13.5. The lowest BCUT2D eigenvalue weighted by Gasteiger charge is -2.35. The number of pyridine rings is 1. The molecular formula is C18H25N7O2S. The van der Waals surface area contributed by atoms with Gasteiger partial charge in [0, 0.05) is 38.8 Å². The molecule has 0 bridgehead atoms. The summed E-state index contributed by atoms with van der Waals surface area (Å²) in [5, 5.41) is 14.7. The fourth-order valence-corrected chi connectivity index (χ4v) is 3.81. The average Bonchev–Trinajstić information content (AvgIpc) is 3.13. The third kappa shape index (κ3) is 5.62. The van der Waals surface area contributed by atoms with Gasteiger partial charge >= 0.3 is 6.03 Å². The Morgan fingerprint density at radius 2 is 1.96 bits per heavy atom. The van der Waals surface area contributed by atoms with E-state index in [0.717, 1.165) is 17.2 Å². The summed E-state index contributed by atoms with van der Waals surface area (Å²) in [6, 6.07) is 5.54. The van der Waals surface area contributed by atoms with Crippen molar-refractivity contribution in [2.24, 2.45) is 5.92 Å². The Bertz CT molecular complexity index is 788. The van der Waals surface area contributed by atoms with E-state index in [-0.39, 0.29) is 18.5 Å². The first kappa shape index (κ1) is 20.0. The number of piperazine rings is 1. The molecule has 3 amide bonds. The second kappa shape index (κ2) is 9.45. The van der Waals surface area contributed by atoms with Gasteiger partial charge in [-0.1, -0.05) is 31.3 Å². The number of hydrogen-bond acceptors (Lipinski definition) is 7. The van der Waals surface area contributed by atoms with E-state index >= 15 is 0 Å². The number of nitrogens with zero attached hydrogens (tertiary/aromatic N) is 5. The standard InChI is InChI=1S/C18H25N7O2S/c1-13(2)11-16-22-23-17(28-16)21-15(26)12-20-18(27)25-9-7-24(8-10-25)14-5-3-4-6-19-14/h3-6,13H,7-12H2,1-2H3,(H,20,27)(H,21,23,26). The number of carbonyl (C=O) groups is 2. The lowest BCUT2D eigenvalue weighted by Crippen LogP contribution is -2.52. The Morgan fingerprint density at radius 1 is 1.18 bits per heavy atom. The lowest BCUT2D eigenvalue weighted by molar-refractivity contribution is -0.115. The number of carbonyl (C=O) groups excluding carboxylic acids is 2. The zero-order valence-corrected chi connectivity index (χ0v) is 16.9. The highest BCUT2D eigenvalue weighted by molar-refractivity contribution is 7.15. The summed E-state index contributed by atoms with van der Waals surface area (Å²) in [6.07, 6.45) is 2.59. The van der Waals surface area contributed by atoms with E-state index in [2.05, 4.69) is 44.6 Å². The van der Waals surface area contributed by atoms with E-state index in [0.29, 0.717) is 37.2 Å². The van der Waals surface area contributed by atoms with Gasteiger partial charge in [-0.15, -0.1) is 10.2 Å². The van der Waals surface area contributed by atoms with Crippen LogP contribution in [-0.2, 0) is 11.2 Å². The van der Waals surface area contributed by atoms with Crippen LogP contribution < -0.4 is 15.5 Å². The fraction of sp³-hybridized carbons (Fsp3) is 0.500. The monoisotopic (exact) mass is 403 g/mol. The molecular weight excluding hydrogens is 378 g/mol. The molecule has 0 unspecified atom stereocenters. The third-order valence-corrected chi connectivity index (χ3v) is 5.10. The van der Waals surface area contributed by atoms with E-state index in [4.69, 9.17) is 0 Å². The summed E-state index contributed by atoms with van der Waals surface area (Å²) in [4.78, 5) is 32.5. The highest BCUT2D eigenvalue weighted by Gasteiger charge is 2.22. The first-order valence-electron chi connectivity index (χ1n) is 9.32. The van der Waals surface area contributed by atoms with Crippen LogP contribution in [0.3, 0.4) is 0 Å². The molecule has 10 heteroatoms. The van der Waals surface area contributed by atoms with Gasteiger partial charge in [0.2, 0.25) is 11.0 Å². The molecule has 1 saturated heterocycles. The number of anilines is 2. The highest BCUT2D eigenvalue weighted by Crippen LogP contribution is 2.18. The fourth-order valence-electron chi connectivity index (χ4n) is 2.85. The van der Waals surface area contributed by atoms with Crippen molar-refractivity contribution in [1.82, 2.24) is 25.4 Å². The first-order valence-corrected chi connectivity index (χ1v) is 10.1. The van der Waals surface area contributed by atoms with Crippen molar-refractivity contribution in [2.75, 3.05) is 42.9 Å². The number of hydrogen-bond donors (Lipinski definition) is 2. The number of aromatic nitrogens is 3. The van der Waals surface area contributed by atoms with Gasteiger partial charge in [-0.3, -0.25) is 10.1 Å². The minimum atomic E-state index is -0.312. The van der Waals surface area contributed by atoms with E-state index in [9.17, 15) is 9.59 Å². The Labute approximate surface area is 168 Å². The second-order valence-corrected chi connectivity index (χ2v) is 8.03. The largest absolute Gasteiger partial charge is 0.353 e. The number of rotatable bonds is 6. The van der Waals surface area contributed by atoms with E-state index in [1.807, 2.05) is 18.2 Å². The molecule has 0 aliphatic carbocycles. The molecule has 0 aromatic carbocycles. The predicted octanol–water partition coefficient (Wildman–Crippen LogP) is 1.60. The lowest BCUT2D eigenvalue weighted by atomic mass is 10.1. The summed E-state index contributed by atoms with van der Waals surface area (Å²) in [5.74, 6) is 1.08. The maximum atomic E-state index is 12.3. The molecule has 0 saturated carbocycles. The van der Waals surface area contributed by atoms with Crippen LogP contribution in [-0.4, -0.2) is 64.7 Å². The SMILES string of the molecule is CC(C)Cc1nnc(NC(=O)CNC(=O)N2CCN(c3ccccn3)CC2)s1. The molecule has 2 N–H and O–H groups in total. The van der Waals surface area contributed by atoms with Gasteiger partial charge in [0.1, 0.15) is 10.8 Å². The molecule has 150 valence electrons. The van der Waals surface area contributed by atoms with E-state index in [1.54, 1.807) is 11.1 Å². The Morgan fingerprint density at radius 3 is 2.64 bits per heavy atom. The summed E-state index contributed by atoms with van der Waals surface area (Å²) in [6.45, 7) is 6.69. The minimum absolute atomic E-state index is 0.0988. The van der Waals surface area contributed by atoms with Crippen LogP contribution in [0.25, 0.3) is 0 Å². The molecule has 0 radical (unpaired) electrons.